The van der Waals surface area contributed by atoms with E-state index in [4.69, 9.17) is 11.6 Å². The Labute approximate surface area is 68.7 Å². The third kappa shape index (κ3) is 2.73. The Hall–Kier alpha value is -0.180. The van der Waals surface area contributed by atoms with E-state index >= 15 is 0 Å². The molecule has 0 amide bonds. The van der Waals surface area contributed by atoms with Crippen molar-refractivity contribution in [2.45, 2.75) is 31.6 Å². The molecule has 11 heavy (non-hydrogen) atoms. The van der Waals surface area contributed by atoms with Crippen molar-refractivity contribution in [1.29, 1.82) is 0 Å². The van der Waals surface area contributed by atoms with Crippen LogP contribution in [0.4, 0.5) is 8.78 Å². The van der Waals surface area contributed by atoms with Gasteiger partial charge in [-0.05, 0) is 23.9 Å². The third-order valence-corrected chi connectivity index (χ3v) is 2.11. The van der Waals surface area contributed by atoms with E-state index in [2.05, 4.69) is 0 Å². The SMILES string of the molecule is O=C(Cl)CC1CCC(F)(F)C1. The number of carbonyl (C=O) groups excluding carboxylic acids is 1. The fraction of sp³-hybridized carbons (Fsp3) is 0.857. The number of carbonyl (C=O) groups is 1. The molecule has 0 aromatic rings. The van der Waals surface area contributed by atoms with Crippen molar-refractivity contribution in [3.05, 3.63) is 0 Å². The molecule has 1 atom stereocenters. The minimum atomic E-state index is -2.56. The summed E-state index contributed by atoms with van der Waals surface area (Å²) in [4.78, 5) is 10.3. The highest BCUT2D eigenvalue weighted by molar-refractivity contribution is 6.63. The highest BCUT2D eigenvalue weighted by Gasteiger charge is 2.39. The zero-order chi connectivity index (χ0) is 8.48. The first-order valence-electron chi connectivity index (χ1n) is 3.56. The van der Waals surface area contributed by atoms with Crippen LogP contribution in [0.2, 0.25) is 0 Å². The number of alkyl halides is 2. The van der Waals surface area contributed by atoms with Crippen molar-refractivity contribution >= 4 is 16.8 Å². The molecule has 0 aromatic carbocycles. The van der Waals surface area contributed by atoms with Gasteiger partial charge in [0.2, 0.25) is 11.2 Å². The molecular weight excluding hydrogens is 174 g/mol. The average Bonchev–Trinajstić information content (AvgIpc) is 2.08. The standard InChI is InChI=1S/C7H9ClF2O/c8-6(11)3-5-1-2-7(9,10)4-5/h5H,1-4H2. The van der Waals surface area contributed by atoms with Crippen molar-refractivity contribution in [2.75, 3.05) is 0 Å². The molecule has 0 aromatic heterocycles. The maximum atomic E-state index is 12.5. The predicted molar refractivity (Wildman–Crippen MR) is 37.8 cm³/mol. The summed E-state index contributed by atoms with van der Waals surface area (Å²) in [5.41, 5.74) is 0. The number of hydrogen-bond donors (Lipinski definition) is 0. The Kier molecular flexibility index (Phi) is 2.47. The van der Waals surface area contributed by atoms with Gasteiger partial charge < -0.3 is 0 Å². The lowest BCUT2D eigenvalue weighted by Crippen LogP contribution is -2.10. The topological polar surface area (TPSA) is 17.1 Å². The molecule has 1 saturated carbocycles. The highest BCUT2D eigenvalue weighted by Crippen LogP contribution is 2.40. The normalized spacial score (nSPS) is 28.8. The molecular formula is C7H9ClF2O. The fourth-order valence-corrected chi connectivity index (χ4v) is 1.66. The molecule has 0 N–H and O–H groups in total. The lowest BCUT2D eigenvalue weighted by atomic mass is 10.1. The highest BCUT2D eigenvalue weighted by atomic mass is 35.5. The maximum Gasteiger partial charge on any atom is 0.248 e. The molecule has 1 unspecified atom stereocenters. The average molecular weight is 183 g/mol. The Morgan fingerprint density at radius 1 is 1.64 bits per heavy atom. The second-order valence-electron chi connectivity index (χ2n) is 3.02. The molecule has 4 heteroatoms. The van der Waals surface area contributed by atoms with Gasteiger partial charge in [-0.2, -0.15) is 0 Å². The van der Waals surface area contributed by atoms with E-state index in [1.165, 1.54) is 0 Å². The molecule has 0 heterocycles. The first kappa shape index (κ1) is 8.91. The number of halogens is 3. The van der Waals surface area contributed by atoms with E-state index in [-0.39, 0.29) is 25.2 Å². The molecule has 1 aliphatic rings. The van der Waals surface area contributed by atoms with E-state index in [0.29, 0.717) is 6.42 Å². The zero-order valence-electron chi connectivity index (χ0n) is 5.95. The van der Waals surface area contributed by atoms with E-state index < -0.39 is 11.2 Å². The van der Waals surface area contributed by atoms with Gasteiger partial charge >= 0.3 is 0 Å². The van der Waals surface area contributed by atoms with Crippen LogP contribution in [0.3, 0.4) is 0 Å². The Bertz CT molecular complexity index is 170. The van der Waals surface area contributed by atoms with Crippen molar-refractivity contribution < 1.29 is 13.6 Å². The van der Waals surface area contributed by atoms with Crippen LogP contribution in [-0.4, -0.2) is 11.2 Å². The van der Waals surface area contributed by atoms with Crippen LogP contribution in [0, 0.1) is 5.92 Å². The van der Waals surface area contributed by atoms with Crippen molar-refractivity contribution in [3.63, 3.8) is 0 Å². The molecule has 0 bridgehead atoms. The Morgan fingerprint density at radius 2 is 2.27 bits per heavy atom. The van der Waals surface area contributed by atoms with Crippen molar-refractivity contribution in [1.82, 2.24) is 0 Å². The van der Waals surface area contributed by atoms with Gasteiger partial charge in [0.15, 0.2) is 0 Å². The fourth-order valence-electron chi connectivity index (χ4n) is 1.44. The predicted octanol–water partition coefficient (Wildman–Crippen LogP) is 2.58. The first-order chi connectivity index (χ1) is 4.99. The zero-order valence-corrected chi connectivity index (χ0v) is 6.70. The Morgan fingerprint density at radius 3 is 2.64 bits per heavy atom. The van der Waals surface area contributed by atoms with Gasteiger partial charge in [0.25, 0.3) is 0 Å². The van der Waals surface area contributed by atoms with Gasteiger partial charge in [0.1, 0.15) is 0 Å². The molecule has 0 saturated heterocycles. The van der Waals surface area contributed by atoms with Crippen molar-refractivity contribution in [2.24, 2.45) is 5.92 Å². The van der Waals surface area contributed by atoms with E-state index in [1.807, 2.05) is 0 Å². The van der Waals surface area contributed by atoms with Gasteiger partial charge in [-0.25, -0.2) is 8.78 Å². The van der Waals surface area contributed by atoms with Crippen LogP contribution in [0.25, 0.3) is 0 Å². The van der Waals surface area contributed by atoms with Gasteiger partial charge in [-0.15, -0.1) is 0 Å². The second-order valence-corrected chi connectivity index (χ2v) is 3.45. The van der Waals surface area contributed by atoms with Crippen LogP contribution in [-0.2, 0) is 4.79 Å². The Balaban J connectivity index is 2.36. The van der Waals surface area contributed by atoms with Crippen LogP contribution >= 0.6 is 11.6 Å². The summed E-state index contributed by atoms with van der Waals surface area (Å²) < 4.78 is 25.0. The third-order valence-electron chi connectivity index (χ3n) is 1.95. The number of hydrogen-bond acceptors (Lipinski definition) is 1. The second kappa shape index (κ2) is 3.05. The minimum Gasteiger partial charge on any atom is -0.281 e. The molecule has 0 aliphatic heterocycles. The van der Waals surface area contributed by atoms with Crippen LogP contribution < -0.4 is 0 Å². The monoisotopic (exact) mass is 182 g/mol. The summed E-state index contributed by atoms with van der Waals surface area (Å²) in [6.07, 6.45) is 0.246. The summed E-state index contributed by atoms with van der Waals surface area (Å²) in [6, 6.07) is 0. The summed E-state index contributed by atoms with van der Waals surface area (Å²) >= 11 is 5.07. The summed E-state index contributed by atoms with van der Waals surface area (Å²) in [5, 5.41) is -0.507. The van der Waals surface area contributed by atoms with Gasteiger partial charge in [-0.1, -0.05) is 0 Å². The van der Waals surface area contributed by atoms with Gasteiger partial charge in [-0.3, -0.25) is 4.79 Å². The molecule has 1 fully saturated rings. The summed E-state index contributed by atoms with van der Waals surface area (Å²) in [5.74, 6) is -2.76. The lowest BCUT2D eigenvalue weighted by molar-refractivity contribution is -0.112. The van der Waals surface area contributed by atoms with Crippen molar-refractivity contribution in [3.8, 4) is 0 Å². The van der Waals surface area contributed by atoms with Gasteiger partial charge in [0, 0.05) is 19.3 Å². The van der Waals surface area contributed by atoms with E-state index in [9.17, 15) is 13.6 Å². The largest absolute Gasteiger partial charge is 0.281 e. The lowest BCUT2D eigenvalue weighted by Gasteiger charge is -2.07. The first-order valence-corrected chi connectivity index (χ1v) is 3.93. The molecule has 1 aliphatic carbocycles. The smallest absolute Gasteiger partial charge is 0.248 e. The van der Waals surface area contributed by atoms with Crippen LogP contribution in [0.5, 0.6) is 0 Å². The minimum absolute atomic E-state index is 0.0944. The quantitative estimate of drug-likeness (QED) is 0.600. The summed E-state index contributed by atoms with van der Waals surface area (Å²) in [6.45, 7) is 0. The maximum absolute atomic E-state index is 12.5. The van der Waals surface area contributed by atoms with Gasteiger partial charge in [0.05, 0.1) is 0 Å². The van der Waals surface area contributed by atoms with Crippen LogP contribution in [0.1, 0.15) is 25.7 Å². The molecule has 1 nitrogen and oxygen atoms in total. The van der Waals surface area contributed by atoms with Crippen LogP contribution in [0.15, 0.2) is 0 Å². The number of rotatable bonds is 2. The van der Waals surface area contributed by atoms with E-state index in [0.717, 1.165) is 0 Å². The molecule has 0 spiro atoms. The molecule has 1 rings (SSSR count). The molecule has 64 valence electrons. The molecule has 0 radical (unpaired) electrons. The summed E-state index contributed by atoms with van der Waals surface area (Å²) in [7, 11) is 0. The van der Waals surface area contributed by atoms with E-state index in [1.54, 1.807) is 0 Å².